The number of aromatic nitrogens is 2. The van der Waals surface area contributed by atoms with Crippen molar-refractivity contribution in [2.24, 2.45) is 5.73 Å². The predicted molar refractivity (Wildman–Crippen MR) is 226 cm³/mol. The number of carboxylic acids is 1. The van der Waals surface area contributed by atoms with Crippen LogP contribution in [-0.4, -0.2) is 94.6 Å². The highest BCUT2D eigenvalue weighted by atomic mass is 35.5. The largest absolute Gasteiger partial charge is 0.480 e. The Kier molecular flexibility index (Phi) is 20.3. The maximum atomic E-state index is 14.5. The number of hydrogen-bond acceptors (Lipinski definition) is 13. The lowest BCUT2D eigenvalue weighted by molar-refractivity contribution is -0.146. The Morgan fingerprint density at radius 3 is 2.12 bits per heavy atom. The molecule has 24 heteroatoms. The summed E-state index contributed by atoms with van der Waals surface area (Å²) in [6.45, 7) is 6.09. The van der Waals surface area contributed by atoms with Gasteiger partial charge in [0.2, 0.25) is 5.01 Å². The number of anilines is 2. The fraction of sp³-hybridized carbons (Fsp3) is 0.475. The van der Waals surface area contributed by atoms with Gasteiger partial charge < -0.3 is 34.8 Å². The average Bonchev–Trinajstić information content (AvgIpc) is 3.81. The number of imide groups is 1. The number of alkyl halides is 3. The quantitative estimate of drug-likeness (QED) is 0.0390. The number of carbonyl (C=O) groups is 5. The maximum Gasteiger partial charge on any atom is 0.445 e. The fourth-order valence-corrected chi connectivity index (χ4v) is 7.41. The van der Waals surface area contributed by atoms with E-state index in [2.05, 4.69) is 10.2 Å². The highest BCUT2D eigenvalue weighted by molar-refractivity contribution is 7.57. The number of carboxylic acid groups (broad SMARTS) is 1. The first-order chi connectivity index (χ1) is 29.9. The molecule has 0 radical (unpaired) electrons. The smallest absolute Gasteiger partial charge is 0.445 e. The van der Waals surface area contributed by atoms with Gasteiger partial charge in [-0.15, -0.1) is 5.10 Å². The molecule has 2 unspecified atom stereocenters. The van der Waals surface area contributed by atoms with Gasteiger partial charge in [-0.05, 0) is 82.7 Å². The monoisotopic (exact) mass is 967 g/mol. The Morgan fingerprint density at radius 1 is 1.00 bits per heavy atom. The SMILES string of the molecule is CC(C)N(C(=O)COc1nnc(C(F)(F)F)s1)c1ccc(F)cc1.CCCCCOC(=O)COc1cc(N2C(=O)C3=C(CCCC3)C2=O)c(F)cc1Cl.CP(=O)(O)CCC(N)C(=O)O. The molecule has 4 N–H and O–H groups in total. The molecule has 5 rings (SSSR count). The van der Waals surface area contributed by atoms with Gasteiger partial charge >= 0.3 is 18.1 Å². The molecule has 0 saturated heterocycles. The number of benzene rings is 2. The molecule has 0 spiro atoms. The first kappa shape index (κ1) is 53.3. The topological polar surface area (TPSA) is 229 Å². The van der Waals surface area contributed by atoms with Gasteiger partial charge in [0.05, 0.1) is 17.3 Å². The third kappa shape index (κ3) is 16.2. The van der Waals surface area contributed by atoms with Crippen LogP contribution in [0.15, 0.2) is 47.5 Å². The first-order valence-corrected chi connectivity index (χ1v) is 23.2. The first-order valence-electron chi connectivity index (χ1n) is 19.7. The van der Waals surface area contributed by atoms with Gasteiger partial charge in [0.1, 0.15) is 23.4 Å². The van der Waals surface area contributed by atoms with Crippen LogP contribution >= 0.6 is 30.3 Å². The number of unbranched alkanes of at least 4 members (excludes halogenated alkanes) is 2. The number of amides is 3. The lowest BCUT2D eigenvalue weighted by Crippen LogP contribution is -2.40. The Bertz CT molecular complexity index is 2180. The summed E-state index contributed by atoms with van der Waals surface area (Å²) >= 11 is 6.23. The van der Waals surface area contributed by atoms with Gasteiger partial charge in [-0.1, -0.05) is 47.8 Å². The summed E-state index contributed by atoms with van der Waals surface area (Å²) in [4.78, 5) is 70.5. The molecule has 3 amide bonds. The van der Waals surface area contributed by atoms with Crippen LogP contribution in [0.25, 0.3) is 0 Å². The van der Waals surface area contributed by atoms with E-state index in [1.54, 1.807) is 13.8 Å². The molecule has 2 aliphatic rings. The van der Waals surface area contributed by atoms with Crippen molar-refractivity contribution in [3.05, 3.63) is 69.2 Å². The molecule has 16 nitrogen and oxygen atoms in total. The highest BCUT2D eigenvalue weighted by Crippen LogP contribution is 2.40. The number of esters is 1. The molecule has 64 heavy (non-hydrogen) atoms. The summed E-state index contributed by atoms with van der Waals surface area (Å²) in [5, 5.41) is 12.9. The third-order valence-electron chi connectivity index (χ3n) is 9.02. The van der Waals surface area contributed by atoms with Crippen LogP contribution in [0.1, 0.15) is 77.1 Å². The van der Waals surface area contributed by atoms with Crippen molar-refractivity contribution in [2.45, 2.75) is 90.4 Å². The maximum absolute atomic E-state index is 14.5. The van der Waals surface area contributed by atoms with Crippen LogP contribution in [-0.2, 0) is 39.5 Å². The Morgan fingerprint density at radius 2 is 1.61 bits per heavy atom. The fourth-order valence-electron chi connectivity index (χ4n) is 5.88. The Labute approximate surface area is 373 Å². The van der Waals surface area contributed by atoms with E-state index in [4.69, 9.17) is 41.5 Å². The second-order valence-corrected chi connectivity index (χ2v) is 18.5. The van der Waals surface area contributed by atoms with Crippen LogP contribution in [0.4, 0.5) is 33.3 Å². The van der Waals surface area contributed by atoms with Crippen molar-refractivity contribution in [1.82, 2.24) is 10.2 Å². The van der Waals surface area contributed by atoms with E-state index in [0.717, 1.165) is 43.1 Å². The third-order valence-corrected chi connectivity index (χ3v) is 11.3. The van der Waals surface area contributed by atoms with E-state index < -0.39 is 79.1 Å². The highest BCUT2D eigenvalue weighted by Gasteiger charge is 2.41. The number of halogens is 6. The Balaban J connectivity index is 0.000000280. The zero-order valence-electron chi connectivity index (χ0n) is 35.2. The minimum atomic E-state index is -4.61. The molecule has 1 aromatic heterocycles. The average molecular weight is 968 g/mol. The molecule has 2 aromatic carbocycles. The van der Waals surface area contributed by atoms with Crippen molar-refractivity contribution in [1.29, 1.82) is 0 Å². The van der Waals surface area contributed by atoms with Crippen LogP contribution < -0.4 is 25.0 Å². The molecule has 352 valence electrons. The normalized spacial score (nSPS) is 15.0. The van der Waals surface area contributed by atoms with E-state index in [-0.39, 0.29) is 51.6 Å². The van der Waals surface area contributed by atoms with Crippen LogP contribution in [0.5, 0.6) is 10.9 Å². The van der Waals surface area contributed by atoms with Gasteiger partial charge in [0, 0.05) is 41.8 Å². The molecule has 0 saturated carbocycles. The second-order valence-electron chi connectivity index (χ2n) is 14.6. The zero-order chi connectivity index (χ0) is 47.9. The molecule has 0 bridgehead atoms. The number of aliphatic carboxylic acids is 1. The number of hydrogen-bond donors (Lipinski definition) is 3. The molecular formula is C40H48ClF5N5O11PS. The summed E-state index contributed by atoms with van der Waals surface area (Å²) in [6, 6.07) is 6.13. The van der Waals surface area contributed by atoms with Crippen molar-refractivity contribution >= 4 is 71.3 Å². The summed E-state index contributed by atoms with van der Waals surface area (Å²) in [7, 11) is -3.10. The van der Waals surface area contributed by atoms with Gasteiger partial charge in [0.15, 0.2) is 20.6 Å². The number of nitrogens with two attached hydrogens (primary N) is 1. The standard InChI is InChI=1S/C21H23ClFNO5.C14H13F4N3O2S.C5H12NO4P/c1-2-3-6-9-28-19(25)12-29-18-11-17(16(23)10-15(18)22)24-20(26)13-7-4-5-8-14(13)21(24)27;1-8(2)21(10-5-3-9(15)4-6-10)11(22)7-23-13-20-19-12(24-13)14(16,17)18;1-11(9,10)3-2-4(6)5(7)8/h10-11H,2-9,12H2,1H3;3-6,8H,7H2,1-2H3;4H,2-3,6H2,1H3,(H,7,8)(H,9,10). The van der Waals surface area contributed by atoms with E-state index in [9.17, 15) is 50.5 Å². The van der Waals surface area contributed by atoms with Gasteiger partial charge in [-0.3, -0.25) is 23.7 Å². The van der Waals surface area contributed by atoms with E-state index in [1.807, 2.05) is 6.92 Å². The number of rotatable bonds is 17. The number of nitrogens with zero attached hydrogens (tertiary/aromatic N) is 4. The minimum absolute atomic E-state index is 0.000883. The van der Waals surface area contributed by atoms with Crippen LogP contribution in [0, 0.1) is 11.6 Å². The summed E-state index contributed by atoms with van der Waals surface area (Å²) in [5.41, 5.74) is 6.22. The minimum Gasteiger partial charge on any atom is -0.480 e. The van der Waals surface area contributed by atoms with Gasteiger partial charge in [-0.2, -0.15) is 13.2 Å². The molecule has 2 heterocycles. The van der Waals surface area contributed by atoms with Crippen molar-refractivity contribution < 1.29 is 74.7 Å². The zero-order valence-corrected chi connectivity index (χ0v) is 37.6. The van der Waals surface area contributed by atoms with E-state index in [0.29, 0.717) is 36.3 Å². The van der Waals surface area contributed by atoms with Crippen molar-refractivity contribution in [2.75, 3.05) is 42.4 Å². The summed E-state index contributed by atoms with van der Waals surface area (Å²) in [5.74, 6) is -4.49. The lowest BCUT2D eigenvalue weighted by Gasteiger charge is -2.26. The number of ether oxygens (including phenoxy) is 3. The van der Waals surface area contributed by atoms with Crippen molar-refractivity contribution in [3.63, 3.8) is 0 Å². The van der Waals surface area contributed by atoms with Gasteiger partial charge in [-0.25, -0.2) is 18.5 Å². The molecule has 1 aliphatic heterocycles. The summed E-state index contributed by atoms with van der Waals surface area (Å²) < 4.78 is 90.9. The van der Waals surface area contributed by atoms with Crippen molar-refractivity contribution in [3.8, 4) is 10.9 Å². The van der Waals surface area contributed by atoms with Crippen LogP contribution in [0.2, 0.25) is 5.02 Å². The molecule has 1 aliphatic carbocycles. The molecule has 0 fully saturated rings. The van der Waals surface area contributed by atoms with E-state index in [1.165, 1.54) is 41.9 Å². The molecular weight excluding hydrogens is 920 g/mol. The second kappa shape index (κ2) is 24.3. The van der Waals surface area contributed by atoms with Gasteiger partial charge in [0.25, 0.3) is 22.9 Å². The number of carbonyl (C=O) groups excluding carboxylic acids is 4. The predicted octanol–water partition coefficient (Wildman–Crippen LogP) is 7.54. The van der Waals surface area contributed by atoms with Crippen LogP contribution in [0.3, 0.4) is 0 Å². The Hall–Kier alpha value is -5.02. The summed E-state index contributed by atoms with van der Waals surface area (Å²) in [6.07, 6.45) is 0.790. The van der Waals surface area contributed by atoms with E-state index >= 15 is 0 Å². The molecule has 2 atom stereocenters. The lowest BCUT2D eigenvalue weighted by atomic mass is 9.93. The molecule has 3 aromatic rings.